The first-order valence-electron chi connectivity index (χ1n) is 12.8. The molecule has 1 N–H and O–H groups in total. The van der Waals surface area contributed by atoms with Crippen LogP contribution in [0.25, 0.3) is 11.0 Å². The Kier molecular flexibility index (Phi) is 9.55. The normalized spacial score (nSPS) is 11.6. The van der Waals surface area contributed by atoms with Crippen molar-refractivity contribution in [1.29, 1.82) is 0 Å². The Balaban J connectivity index is 1.49. The summed E-state index contributed by atoms with van der Waals surface area (Å²) in [6.45, 7) is 11.0. The number of aromatic nitrogens is 2. The largest absolute Gasteiger partial charge is 0.494 e. The van der Waals surface area contributed by atoms with Gasteiger partial charge in [-0.05, 0) is 60.9 Å². The molecule has 0 bridgehead atoms. The monoisotopic (exact) mass is 463 g/mol. The minimum atomic E-state index is 0.153. The number of amides is 1. The van der Waals surface area contributed by atoms with E-state index in [1.807, 2.05) is 13.0 Å². The van der Waals surface area contributed by atoms with Crippen LogP contribution in [0.1, 0.15) is 77.6 Å². The van der Waals surface area contributed by atoms with Gasteiger partial charge in [0.05, 0.1) is 17.6 Å². The number of aryl methyl sites for hydroxylation is 2. The molecule has 1 aromatic heterocycles. The van der Waals surface area contributed by atoms with Crippen molar-refractivity contribution in [3.63, 3.8) is 0 Å². The van der Waals surface area contributed by atoms with Crippen molar-refractivity contribution in [3.8, 4) is 5.75 Å². The number of imidazole rings is 1. The zero-order valence-corrected chi connectivity index (χ0v) is 21.4. The number of carbonyl (C=O) groups is 1. The molecular weight excluding hydrogens is 422 g/mol. The van der Waals surface area contributed by atoms with E-state index in [0.717, 1.165) is 68.7 Å². The van der Waals surface area contributed by atoms with Gasteiger partial charge >= 0.3 is 0 Å². The second kappa shape index (κ2) is 12.6. The molecule has 0 saturated carbocycles. The minimum Gasteiger partial charge on any atom is -0.494 e. The van der Waals surface area contributed by atoms with Crippen molar-refractivity contribution in [3.05, 3.63) is 59.9 Å². The van der Waals surface area contributed by atoms with Crippen molar-refractivity contribution in [1.82, 2.24) is 14.9 Å². The third-order valence-corrected chi connectivity index (χ3v) is 6.13. The molecule has 0 atom stereocenters. The van der Waals surface area contributed by atoms with Crippen LogP contribution in [0.4, 0.5) is 0 Å². The number of hydrogen-bond donors (Lipinski definition) is 1. The summed E-state index contributed by atoms with van der Waals surface area (Å²) in [6.07, 6.45) is 6.57. The van der Waals surface area contributed by atoms with Gasteiger partial charge in [-0.2, -0.15) is 0 Å². The summed E-state index contributed by atoms with van der Waals surface area (Å²) in [4.78, 5) is 16.5. The minimum absolute atomic E-state index is 0.153. The molecule has 0 aliphatic rings. The number of rotatable bonds is 13. The average Bonchev–Trinajstić information content (AvgIpc) is 3.16. The van der Waals surface area contributed by atoms with Crippen LogP contribution in [-0.2, 0) is 23.2 Å². The lowest BCUT2D eigenvalue weighted by Crippen LogP contribution is -2.23. The van der Waals surface area contributed by atoms with Gasteiger partial charge in [-0.1, -0.05) is 58.4 Å². The Morgan fingerprint density at radius 3 is 2.50 bits per heavy atom. The highest BCUT2D eigenvalue weighted by molar-refractivity contribution is 5.76. The second-order valence-corrected chi connectivity index (χ2v) is 10.1. The SMILES string of the molecule is CCCC(=O)NCCCCCc1nc2ccccc2n1CCCOc1ccc(C(C)(C)C)cc1. The van der Waals surface area contributed by atoms with Crippen LogP contribution >= 0.6 is 0 Å². The van der Waals surface area contributed by atoms with Gasteiger partial charge < -0.3 is 14.6 Å². The first-order chi connectivity index (χ1) is 16.4. The van der Waals surface area contributed by atoms with Crippen LogP contribution in [0.3, 0.4) is 0 Å². The van der Waals surface area contributed by atoms with Gasteiger partial charge in [-0.15, -0.1) is 0 Å². The van der Waals surface area contributed by atoms with E-state index in [2.05, 4.69) is 73.1 Å². The molecule has 184 valence electrons. The molecule has 0 aliphatic carbocycles. The molecule has 5 heteroatoms. The molecule has 1 heterocycles. The fourth-order valence-electron chi connectivity index (χ4n) is 4.16. The van der Waals surface area contributed by atoms with E-state index in [0.29, 0.717) is 13.0 Å². The van der Waals surface area contributed by atoms with Crippen molar-refractivity contribution in [2.24, 2.45) is 0 Å². The standard InChI is InChI=1S/C29H41N3O2/c1-5-12-28(33)30-20-10-6-7-15-27-31-25-13-8-9-14-26(25)32(27)21-11-22-34-24-18-16-23(17-19-24)29(2,3)4/h8-9,13-14,16-19H,5-7,10-12,15,20-22H2,1-4H3,(H,30,33). The highest BCUT2D eigenvalue weighted by atomic mass is 16.5. The molecule has 3 aromatic rings. The summed E-state index contributed by atoms with van der Waals surface area (Å²) >= 11 is 0. The summed E-state index contributed by atoms with van der Waals surface area (Å²) in [5.41, 5.74) is 3.72. The van der Waals surface area contributed by atoms with E-state index in [4.69, 9.17) is 9.72 Å². The van der Waals surface area contributed by atoms with E-state index in [9.17, 15) is 4.79 Å². The zero-order valence-electron chi connectivity index (χ0n) is 21.4. The molecular formula is C29H41N3O2. The molecule has 0 unspecified atom stereocenters. The summed E-state index contributed by atoms with van der Waals surface area (Å²) in [6, 6.07) is 16.8. The van der Waals surface area contributed by atoms with E-state index < -0.39 is 0 Å². The number of ether oxygens (including phenoxy) is 1. The first-order valence-corrected chi connectivity index (χ1v) is 12.8. The molecule has 0 saturated heterocycles. The molecule has 0 radical (unpaired) electrons. The molecule has 34 heavy (non-hydrogen) atoms. The Bertz CT molecular complexity index is 1030. The Morgan fingerprint density at radius 2 is 1.76 bits per heavy atom. The van der Waals surface area contributed by atoms with Crippen LogP contribution in [0.2, 0.25) is 0 Å². The van der Waals surface area contributed by atoms with Crippen LogP contribution in [-0.4, -0.2) is 28.6 Å². The Morgan fingerprint density at radius 1 is 1.00 bits per heavy atom. The maximum atomic E-state index is 11.6. The molecule has 5 nitrogen and oxygen atoms in total. The maximum Gasteiger partial charge on any atom is 0.219 e. The predicted molar refractivity (Wildman–Crippen MR) is 140 cm³/mol. The van der Waals surface area contributed by atoms with Gasteiger partial charge in [0.15, 0.2) is 0 Å². The molecule has 0 fully saturated rings. The molecule has 1 amide bonds. The van der Waals surface area contributed by atoms with E-state index in [-0.39, 0.29) is 11.3 Å². The zero-order chi connectivity index (χ0) is 24.4. The van der Waals surface area contributed by atoms with Crippen LogP contribution < -0.4 is 10.1 Å². The molecule has 0 spiro atoms. The van der Waals surface area contributed by atoms with Crippen LogP contribution in [0.15, 0.2) is 48.5 Å². The van der Waals surface area contributed by atoms with Gasteiger partial charge in [0.1, 0.15) is 11.6 Å². The van der Waals surface area contributed by atoms with Crippen molar-refractivity contribution in [2.45, 2.75) is 84.6 Å². The van der Waals surface area contributed by atoms with E-state index >= 15 is 0 Å². The van der Waals surface area contributed by atoms with Gasteiger partial charge in [0.2, 0.25) is 5.91 Å². The highest BCUT2D eigenvalue weighted by Gasteiger charge is 2.13. The summed E-state index contributed by atoms with van der Waals surface area (Å²) in [5, 5.41) is 3.00. The third-order valence-electron chi connectivity index (χ3n) is 6.13. The number of fused-ring (bicyclic) bond motifs is 1. The van der Waals surface area contributed by atoms with Crippen LogP contribution in [0.5, 0.6) is 5.75 Å². The van der Waals surface area contributed by atoms with Gasteiger partial charge in [-0.3, -0.25) is 4.79 Å². The topological polar surface area (TPSA) is 56.2 Å². The Labute approximate surface area is 204 Å². The second-order valence-electron chi connectivity index (χ2n) is 10.1. The first kappa shape index (κ1) is 25.8. The number of nitrogens with zero attached hydrogens (tertiary/aromatic N) is 2. The fourth-order valence-corrected chi connectivity index (χ4v) is 4.16. The number of hydrogen-bond acceptors (Lipinski definition) is 3. The van der Waals surface area contributed by atoms with Gasteiger partial charge in [-0.25, -0.2) is 4.98 Å². The number of benzene rings is 2. The smallest absolute Gasteiger partial charge is 0.219 e. The molecule has 0 aliphatic heterocycles. The maximum absolute atomic E-state index is 11.6. The quantitative estimate of drug-likeness (QED) is 0.297. The Hall–Kier alpha value is -2.82. The van der Waals surface area contributed by atoms with Crippen molar-refractivity contribution in [2.75, 3.05) is 13.2 Å². The number of para-hydroxylation sites is 2. The summed E-state index contributed by atoms with van der Waals surface area (Å²) in [7, 11) is 0. The van der Waals surface area contributed by atoms with E-state index in [1.54, 1.807) is 0 Å². The molecule has 2 aromatic carbocycles. The average molecular weight is 464 g/mol. The van der Waals surface area contributed by atoms with Crippen molar-refractivity contribution < 1.29 is 9.53 Å². The molecule has 3 rings (SSSR count). The van der Waals surface area contributed by atoms with Gasteiger partial charge in [0.25, 0.3) is 0 Å². The summed E-state index contributed by atoms with van der Waals surface area (Å²) < 4.78 is 8.37. The van der Waals surface area contributed by atoms with Crippen LogP contribution in [0, 0.1) is 0 Å². The number of unbranched alkanes of at least 4 members (excludes halogenated alkanes) is 2. The van der Waals surface area contributed by atoms with Gasteiger partial charge in [0, 0.05) is 25.9 Å². The fraction of sp³-hybridized carbons (Fsp3) is 0.517. The lowest BCUT2D eigenvalue weighted by atomic mass is 9.87. The lowest BCUT2D eigenvalue weighted by molar-refractivity contribution is -0.121. The lowest BCUT2D eigenvalue weighted by Gasteiger charge is -2.19. The third kappa shape index (κ3) is 7.61. The number of nitrogens with one attached hydrogen (secondary N) is 1. The number of carbonyl (C=O) groups excluding carboxylic acids is 1. The van der Waals surface area contributed by atoms with Crippen molar-refractivity contribution >= 4 is 16.9 Å². The predicted octanol–water partition coefficient (Wildman–Crippen LogP) is 6.43. The summed E-state index contributed by atoms with van der Waals surface area (Å²) in [5.74, 6) is 2.23. The van der Waals surface area contributed by atoms with E-state index in [1.165, 1.54) is 11.1 Å². The highest BCUT2D eigenvalue weighted by Crippen LogP contribution is 2.24.